The Morgan fingerprint density at radius 3 is 2.31 bits per heavy atom. The second-order valence-electron chi connectivity index (χ2n) is 3.93. The van der Waals surface area contributed by atoms with Crippen molar-refractivity contribution in [2.45, 2.75) is 32.7 Å². The predicted molar refractivity (Wildman–Crippen MR) is 67.5 cm³/mol. The maximum Gasteiger partial charge on any atom is 0.243 e. The number of hydrogen-bond donors (Lipinski definition) is 1. The third-order valence-corrected chi connectivity index (χ3v) is 2.82. The van der Waals surface area contributed by atoms with Crippen molar-refractivity contribution in [2.75, 3.05) is 11.9 Å². The van der Waals surface area contributed by atoms with E-state index in [1.54, 1.807) is 11.9 Å². The summed E-state index contributed by atoms with van der Waals surface area (Å²) in [6.07, 6.45) is 1.67. The summed E-state index contributed by atoms with van der Waals surface area (Å²) in [5.41, 5.74) is 7.88. The molecule has 2 N–H and O–H groups in total. The van der Waals surface area contributed by atoms with E-state index in [0.29, 0.717) is 6.42 Å². The van der Waals surface area contributed by atoms with Crippen molar-refractivity contribution in [1.82, 2.24) is 0 Å². The van der Waals surface area contributed by atoms with Gasteiger partial charge in [-0.05, 0) is 30.5 Å². The number of aryl methyl sites for hydroxylation is 1. The van der Waals surface area contributed by atoms with Crippen LogP contribution in [0.2, 0.25) is 0 Å². The first kappa shape index (κ1) is 12.7. The lowest BCUT2D eigenvalue weighted by molar-refractivity contribution is -0.119. The Morgan fingerprint density at radius 2 is 1.88 bits per heavy atom. The summed E-state index contributed by atoms with van der Waals surface area (Å²) in [5.74, 6) is -0.0354. The van der Waals surface area contributed by atoms with E-state index in [0.717, 1.165) is 12.1 Å². The molecule has 1 amide bonds. The molecule has 0 heterocycles. The molecular formula is C13H20N2O. The maximum absolute atomic E-state index is 11.8. The van der Waals surface area contributed by atoms with E-state index in [4.69, 9.17) is 5.73 Å². The number of anilines is 1. The lowest BCUT2D eigenvalue weighted by Crippen LogP contribution is -2.41. The molecule has 1 rings (SSSR count). The van der Waals surface area contributed by atoms with E-state index >= 15 is 0 Å². The number of rotatable bonds is 4. The molecule has 0 bridgehead atoms. The van der Waals surface area contributed by atoms with Crippen LogP contribution in [0.5, 0.6) is 0 Å². The van der Waals surface area contributed by atoms with Crippen LogP contribution in [0, 0.1) is 0 Å². The van der Waals surface area contributed by atoms with Crippen molar-refractivity contribution >= 4 is 11.6 Å². The normalized spacial score (nSPS) is 12.2. The summed E-state index contributed by atoms with van der Waals surface area (Å²) in [6.45, 7) is 4.02. The number of benzene rings is 1. The van der Waals surface area contributed by atoms with Crippen molar-refractivity contribution in [3.05, 3.63) is 29.8 Å². The van der Waals surface area contributed by atoms with Crippen molar-refractivity contribution in [1.29, 1.82) is 0 Å². The van der Waals surface area contributed by atoms with E-state index in [2.05, 4.69) is 6.92 Å². The summed E-state index contributed by atoms with van der Waals surface area (Å²) < 4.78 is 0. The molecule has 0 saturated heterocycles. The zero-order valence-corrected chi connectivity index (χ0v) is 10.2. The topological polar surface area (TPSA) is 46.3 Å². The van der Waals surface area contributed by atoms with Gasteiger partial charge in [0.05, 0.1) is 6.04 Å². The molecule has 0 aliphatic carbocycles. The molecule has 0 aromatic heterocycles. The van der Waals surface area contributed by atoms with Gasteiger partial charge >= 0.3 is 0 Å². The molecule has 0 fully saturated rings. The van der Waals surface area contributed by atoms with Crippen molar-refractivity contribution in [2.24, 2.45) is 5.73 Å². The molecule has 0 aliphatic rings. The first-order valence-corrected chi connectivity index (χ1v) is 5.72. The smallest absolute Gasteiger partial charge is 0.243 e. The number of carbonyl (C=O) groups is 1. The molecule has 1 aromatic carbocycles. The second kappa shape index (κ2) is 5.66. The SMILES string of the molecule is CCc1ccc(N(C)C(=O)[C@@H](N)CC)cc1. The van der Waals surface area contributed by atoms with Gasteiger partial charge in [-0.25, -0.2) is 0 Å². The van der Waals surface area contributed by atoms with Gasteiger partial charge < -0.3 is 10.6 Å². The van der Waals surface area contributed by atoms with Gasteiger partial charge in [0.15, 0.2) is 0 Å². The van der Waals surface area contributed by atoms with Crippen LogP contribution < -0.4 is 10.6 Å². The van der Waals surface area contributed by atoms with E-state index in [1.807, 2.05) is 31.2 Å². The molecule has 88 valence electrons. The van der Waals surface area contributed by atoms with E-state index in [1.165, 1.54) is 5.56 Å². The third kappa shape index (κ3) is 2.83. The number of carbonyl (C=O) groups excluding carboxylic acids is 1. The first-order chi connectivity index (χ1) is 7.60. The van der Waals surface area contributed by atoms with E-state index in [-0.39, 0.29) is 5.91 Å². The Balaban J connectivity index is 2.79. The predicted octanol–water partition coefficient (Wildman–Crippen LogP) is 1.95. The average Bonchev–Trinajstić information content (AvgIpc) is 2.36. The number of hydrogen-bond acceptors (Lipinski definition) is 2. The molecule has 0 unspecified atom stereocenters. The maximum atomic E-state index is 11.8. The largest absolute Gasteiger partial charge is 0.320 e. The van der Waals surface area contributed by atoms with Gasteiger partial charge in [0.2, 0.25) is 5.91 Å². The Labute approximate surface area is 97.2 Å². The molecule has 0 saturated carbocycles. The quantitative estimate of drug-likeness (QED) is 0.843. The molecule has 3 nitrogen and oxygen atoms in total. The van der Waals surface area contributed by atoms with Crippen LogP contribution in [0.1, 0.15) is 25.8 Å². The molecule has 1 atom stereocenters. The molecule has 16 heavy (non-hydrogen) atoms. The van der Waals surface area contributed by atoms with Gasteiger partial charge in [-0.1, -0.05) is 26.0 Å². The summed E-state index contributed by atoms with van der Waals surface area (Å²) in [7, 11) is 1.76. The summed E-state index contributed by atoms with van der Waals surface area (Å²) in [4.78, 5) is 13.4. The minimum atomic E-state index is -0.407. The van der Waals surface area contributed by atoms with Crippen LogP contribution in [0.25, 0.3) is 0 Å². The Hall–Kier alpha value is -1.35. The number of likely N-dealkylation sites (N-methyl/N-ethyl adjacent to an activating group) is 1. The molecule has 0 spiro atoms. The highest BCUT2D eigenvalue weighted by Gasteiger charge is 2.16. The van der Waals surface area contributed by atoms with Gasteiger partial charge in [-0.15, -0.1) is 0 Å². The van der Waals surface area contributed by atoms with Gasteiger partial charge in [-0.2, -0.15) is 0 Å². The Morgan fingerprint density at radius 1 is 1.31 bits per heavy atom. The fourth-order valence-electron chi connectivity index (χ4n) is 1.51. The molecule has 1 aromatic rings. The van der Waals surface area contributed by atoms with E-state index < -0.39 is 6.04 Å². The lowest BCUT2D eigenvalue weighted by Gasteiger charge is -2.20. The fraction of sp³-hybridized carbons (Fsp3) is 0.462. The molecular weight excluding hydrogens is 200 g/mol. The van der Waals surface area contributed by atoms with Crippen LogP contribution in [0.3, 0.4) is 0 Å². The zero-order chi connectivity index (χ0) is 12.1. The van der Waals surface area contributed by atoms with Crippen LogP contribution >= 0.6 is 0 Å². The van der Waals surface area contributed by atoms with E-state index in [9.17, 15) is 4.79 Å². The first-order valence-electron chi connectivity index (χ1n) is 5.72. The highest BCUT2D eigenvalue weighted by Crippen LogP contribution is 2.15. The Kier molecular flexibility index (Phi) is 4.50. The standard InChI is InChI=1S/C13H20N2O/c1-4-10-6-8-11(9-7-10)15(3)13(16)12(14)5-2/h6-9,12H,4-5,14H2,1-3H3/t12-/m0/s1. The molecule has 0 radical (unpaired) electrons. The van der Waals surface area contributed by atoms with Gasteiger partial charge in [-0.3, -0.25) is 4.79 Å². The number of nitrogens with zero attached hydrogens (tertiary/aromatic N) is 1. The average molecular weight is 220 g/mol. The minimum Gasteiger partial charge on any atom is -0.320 e. The monoisotopic (exact) mass is 220 g/mol. The van der Waals surface area contributed by atoms with Crippen LogP contribution in [-0.4, -0.2) is 19.0 Å². The van der Waals surface area contributed by atoms with Crippen LogP contribution in [-0.2, 0) is 11.2 Å². The summed E-state index contributed by atoms with van der Waals surface area (Å²) >= 11 is 0. The van der Waals surface area contributed by atoms with Gasteiger partial charge in [0.25, 0.3) is 0 Å². The minimum absolute atomic E-state index is 0.0354. The van der Waals surface area contributed by atoms with Crippen molar-refractivity contribution in [3.63, 3.8) is 0 Å². The fourth-order valence-corrected chi connectivity index (χ4v) is 1.51. The van der Waals surface area contributed by atoms with Gasteiger partial charge in [0.1, 0.15) is 0 Å². The second-order valence-corrected chi connectivity index (χ2v) is 3.93. The van der Waals surface area contributed by atoms with Gasteiger partial charge in [0, 0.05) is 12.7 Å². The summed E-state index contributed by atoms with van der Waals surface area (Å²) in [5, 5.41) is 0. The third-order valence-electron chi connectivity index (χ3n) is 2.82. The van der Waals surface area contributed by atoms with Crippen LogP contribution in [0.4, 0.5) is 5.69 Å². The number of amides is 1. The highest BCUT2D eigenvalue weighted by molar-refractivity contribution is 5.96. The Bertz CT molecular complexity index is 345. The zero-order valence-electron chi connectivity index (χ0n) is 10.2. The van der Waals surface area contributed by atoms with Crippen molar-refractivity contribution in [3.8, 4) is 0 Å². The summed E-state index contributed by atoms with van der Waals surface area (Å²) in [6, 6.07) is 7.58. The van der Waals surface area contributed by atoms with Crippen molar-refractivity contribution < 1.29 is 4.79 Å². The lowest BCUT2D eigenvalue weighted by atomic mass is 10.1. The number of nitrogens with two attached hydrogens (primary N) is 1. The van der Waals surface area contributed by atoms with Crippen LogP contribution in [0.15, 0.2) is 24.3 Å². The highest BCUT2D eigenvalue weighted by atomic mass is 16.2. The molecule has 0 aliphatic heterocycles. The molecule has 3 heteroatoms.